The number of carbonyl (C=O) groups is 2. The molecule has 248 valence electrons. The van der Waals surface area contributed by atoms with E-state index in [1.54, 1.807) is 13.2 Å². The fourth-order valence-corrected chi connectivity index (χ4v) is 7.23. The van der Waals surface area contributed by atoms with E-state index < -0.39 is 5.66 Å². The molecule has 2 heterocycles. The van der Waals surface area contributed by atoms with Crippen molar-refractivity contribution in [1.29, 1.82) is 0 Å². The number of likely N-dealkylation sites (tertiary alicyclic amines) is 1. The van der Waals surface area contributed by atoms with E-state index in [-0.39, 0.29) is 34.9 Å². The largest absolute Gasteiger partial charge is 0.460 e. The first-order valence-electron chi connectivity index (χ1n) is 17.0. The molecule has 1 saturated heterocycles. The molecule has 3 aliphatic rings. The molecule has 4 atom stereocenters. The van der Waals surface area contributed by atoms with Crippen LogP contribution >= 0.6 is 0 Å². The third kappa shape index (κ3) is 9.55. The van der Waals surface area contributed by atoms with Gasteiger partial charge in [0.1, 0.15) is 5.66 Å². The number of carbonyl (C=O) groups excluding carboxylic acids is 2. The van der Waals surface area contributed by atoms with E-state index in [1.807, 2.05) is 26.0 Å². The molecule has 1 aliphatic carbocycles. The summed E-state index contributed by atoms with van der Waals surface area (Å²) in [5.41, 5.74) is 0.631. The van der Waals surface area contributed by atoms with E-state index in [0.29, 0.717) is 24.3 Å². The molecule has 0 aromatic heterocycles. The number of nitrogens with zero attached hydrogens (tertiary/aromatic N) is 3. The van der Waals surface area contributed by atoms with E-state index in [1.165, 1.54) is 6.08 Å². The lowest BCUT2D eigenvalue weighted by molar-refractivity contribution is -0.141. The quantitative estimate of drug-likeness (QED) is 0.144. The first-order valence-corrected chi connectivity index (χ1v) is 17.0. The van der Waals surface area contributed by atoms with Gasteiger partial charge in [0.15, 0.2) is 5.84 Å². The Balaban J connectivity index is 2.08. The Hall–Kier alpha value is -2.41. The second kappa shape index (κ2) is 15.2. The minimum absolute atomic E-state index is 0.0344. The van der Waals surface area contributed by atoms with Crippen molar-refractivity contribution in [3.63, 3.8) is 0 Å². The molecule has 2 aliphatic heterocycles. The molecule has 7 nitrogen and oxygen atoms in total. The highest BCUT2D eigenvalue weighted by Crippen LogP contribution is 2.47. The van der Waals surface area contributed by atoms with Crippen LogP contribution in [0.15, 0.2) is 41.4 Å². The highest BCUT2D eigenvalue weighted by atomic mass is 16.5. The highest BCUT2D eigenvalue weighted by Gasteiger charge is 2.53. The van der Waals surface area contributed by atoms with Crippen LogP contribution in [0.25, 0.3) is 0 Å². The third-order valence-corrected chi connectivity index (χ3v) is 9.61. The summed E-state index contributed by atoms with van der Waals surface area (Å²) in [5.74, 6) is 1.26. The molecule has 0 radical (unpaired) electrons. The third-order valence-electron chi connectivity index (χ3n) is 9.61. The lowest BCUT2D eigenvalue weighted by Gasteiger charge is -2.42. The van der Waals surface area contributed by atoms with Gasteiger partial charge in [-0.25, -0.2) is 9.79 Å². The standard InChI is InChI=1S/C37H61N3O4/c1-11-29(16-12-18-32(41)44-27(2)3)31(20-22-35(4,5)6)40-34(42)33(39-24-14-15-28(25-39)26-43-10)38-37(40)21-13-17-30(19-23-37)36(7,8)9/h11-12,16,18,27-28,30-31H,1,13-15,17,19-26H2,2-10H3. The van der Waals surface area contributed by atoms with Crippen LogP contribution in [0.1, 0.15) is 113 Å². The van der Waals surface area contributed by atoms with Crippen LogP contribution in [0.5, 0.6) is 0 Å². The number of piperidine rings is 1. The Bertz CT molecular complexity index is 1090. The molecule has 44 heavy (non-hydrogen) atoms. The van der Waals surface area contributed by atoms with Crippen LogP contribution in [0.4, 0.5) is 0 Å². The van der Waals surface area contributed by atoms with Gasteiger partial charge in [-0.05, 0) is 99.9 Å². The number of ether oxygens (including phenoxy) is 2. The summed E-state index contributed by atoms with van der Waals surface area (Å²) in [6.07, 6.45) is 15.6. The van der Waals surface area contributed by atoms with Gasteiger partial charge >= 0.3 is 5.97 Å². The van der Waals surface area contributed by atoms with E-state index >= 15 is 0 Å². The first-order chi connectivity index (χ1) is 20.6. The number of rotatable bonds is 10. The summed E-state index contributed by atoms with van der Waals surface area (Å²) >= 11 is 0. The number of hydrogen-bond acceptors (Lipinski definition) is 6. The topological polar surface area (TPSA) is 71.4 Å². The predicted octanol–water partition coefficient (Wildman–Crippen LogP) is 7.72. The summed E-state index contributed by atoms with van der Waals surface area (Å²) in [6, 6.07) is -0.211. The zero-order valence-electron chi connectivity index (χ0n) is 29.3. The van der Waals surface area contributed by atoms with Crippen LogP contribution < -0.4 is 0 Å². The van der Waals surface area contributed by atoms with Crippen LogP contribution in [0.2, 0.25) is 0 Å². The molecule has 1 saturated carbocycles. The monoisotopic (exact) mass is 611 g/mol. The normalized spacial score (nSPS) is 26.4. The number of allylic oxidation sites excluding steroid dienone is 2. The van der Waals surface area contributed by atoms with E-state index in [2.05, 4.69) is 57.9 Å². The summed E-state index contributed by atoms with van der Waals surface area (Å²) < 4.78 is 10.8. The van der Waals surface area contributed by atoms with Gasteiger partial charge in [-0.15, -0.1) is 0 Å². The molecular weight excluding hydrogens is 550 g/mol. The van der Waals surface area contributed by atoms with Crippen molar-refractivity contribution < 1.29 is 19.1 Å². The number of amides is 1. The molecule has 0 N–H and O–H groups in total. The molecule has 2 fully saturated rings. The van der Waals surface area contributed by atoms with Crippen molar-refractivity contribution in [2.75, 3.05) is 26.8 Å². The molecule has 0 aromatic carbocycles. The van der Waals surface area contributed by atoms with E-state index in [9.17, 15) is 9.59 Å². The number of hydrogen-bond donors (Lipinski definition) is 0. The number of amidine groups is 1. The molecule has 1 amide bonds. The SMILES string of the molecule is C=CC(=CC=CC(=O)OC(C)C)C(CCC(C)(C)C)N1C(=O)C(N2CCCC(COC)C2)=NC12CCCC(C(C)(C)C)CC2. The molecule has 4 unspecified atom stereocenters. The van der Waals surface area contributed by atoms with E-state index in [0.717, 1.165) is 76.5 Å². The van der Waals surface area contributed by atoms with Gasteiger partial charge < -0.3 is 19.3 Å². The van der Waals surface area contributed by atoms with Crippen molar-refractivity contribution in [2.45, 2.75) is 131 Å². The number of methoxy groups -OCH3 is 1. The Morgan fingerprint density at radius 3 is 2.45 bits per heavy atom. The van der Waals surface area contributed by atoms with Crippen molar-refractivity contribution in [3.8, 4) is 0 Å². The van der Waals surface area contributed by atoms with Crippen molar-refractivity contribution in [3.05, 3.63) is 36.5 Å². The fraction of sp³-hybridized carbons (Fsp3) is 0.757. The Labute approximate surface area is 268 Å². The minimum atomic E-state index is -0.592. The zero-order valence-corrected chi connectivity index (χ0v) is 29.3. The smallest absolute Gasteiger partial charge is 0.330 e. The lowest BCUT2D eigenvalue weighted by atomic mass is 9.76. The maximum absolute atomic E-state index is 14.8. The van der Waals surface area contributed by atoms with Gasteiger partial charge in [-0.2, -0.15) is 0 Å². The maximum Gasteiger partial charge on any atom is 0.330 e. The Morgan fingerprint density at radius 1 is 1.11 bits per heavy atom. The second-order valence-corrected chi connectivity index (χ2v) is 15.8. The zero-order chi connectivity index (χ0) is 32.7. The number of aliphatic imine (C=N–C) groups is 1. The van der Waals surface area contributed by atoms with Crippen LogP contribution in [-0.4, -0.2) is 72.1 Å². The predicted molar refractivity (Wildman–Crippen MR) is 180 cm³/mol. The fourth-order valence-electron chi connectivity index (χ4n) is 7.23. The molecule has 0 aromatic rings. The number of esters is 1. The van der Waals surface area contributed by atoms with Crippen LogP contribution in [0.3, 0.4) is 0 Å². The van der Waals surface area contributed by atoms with Gasteiger partial charge in [-0.3, -0.25) is 4.79 Å². The average Bonchev–Trinajstić information content (AvgIpc) is 3.05. The van der Waals surface area contributed by atoms with E-state index in [4.69, 9.17) is 14.5 Å². The lowest BCUT2D eigenvalue weighted by Crippen LogP contribution is -2.54. The van der Waals surface area contributed by atoms with Gasteiger partial charge in [0, 0.05) is 26.3 Å². The summed E-state index contributed by atoms with van der Waals surface area (Å²) in [6.45, 7) is 24.0. The molecule has 0 bridgehead atoms. The van der Waals surface area contributed by atoms with Gasteiger partial charge in [0.2, 0.25) is 0 Å². The maximum atomic E-state index is 14.8. The molecule has 3 rings (SSSR count). The van der Waals surface area contributed by atoms with Crippen molar-refractivity contribution >= 4 is 17.7 Å². The average molecular weight is 612 g/mol. The first kappa shape index (κ1) is 36.1. The van der Waals surface area contributed by atoms with Crippen molar-refractivity contribution in [1.82, 2.24) is 9.80 Å². The summed E-state index contributed by atoms with van der Waals surface area (Å²) in [5, 5.41) is 0. The van der Waals surface area contributed by atoms with Gasteiger partial charge in [0.25, 0.3) is 5.91 Å². The Morgan fingerprint density at radius 2 is 1.84 bits per heavy atom. The van der Waals surface area contributed by atoms with Gasteiger partial charge in [-0.1, -0.05) is 66.3 Å². The minimum Gasteiger partial charge on any atom is -0.460 e. The summed E-state index contributed by atoms with van der Waals surface area (Å²) in [4.78, 5) is 36.9. The summed E-state index contributed by atoms with van der Waals surface area (Å²) in [7, 11) is 1.75. The molecular formula is C37H61N3O4. The second-order valence-electron chi connectivity index (χ2n) is 15.8. The van der Waals surface area contributed by atoms with Gasteiger partial charge in [0.05, 0.1) is 18.8 Å². The van der Waals surface area contributed by atoms with Crippen LogP contribution in [-0.2, 0) is 19.1 Å². The molecule has 1 spiro atoms. The van der Waals surface area contributed by atoms with Crippen molar-refractivity contribution in [2.24, 2.45) is 27.7 Å². The van der Waals surface area contributed by atoms with Crippen LogP contribution in [0, 0.1) is 22.7 Å². The molecule has 7 heteroatoms. The Kier molecular flexibility index (Phi) is 12.5. The highest BCUT2D eigenvalue weighted by molar-refractivity contribution is 6.39.